The van der Waals surface area contributed by atoms with Crippen molar-refractivity contribution in [2.45, 2.75) is 26.2 Å². The topological polar surface area (TPSA) is 122 Å². The van der Waals surface area contributed by atoms with Gasteiger partial charge in [-0.3, -0.25) is 10.2 Å². The zero-order chi connectivity index (χ0) is 21.4. The van der Waals surface area contributed by atoms with Gasteiger partial charge in [0.2, 0.25) is 0 Å². The Morgan fingerprint density at radius 3 is 2.90 bits per heavy atom. The lowest BCUT2D eigenvalue weighted by atomic mass is 10.2. The highest BCUT2D eigenvalue weighted by atomic mass is 19.1. The molecule has 0 bridgehead atoms. The van der Waals surface area contributed by atoms with Gasteiger partial charge in [0.15, 0.2) is 0 Å². The quantitative estimate of drug-likeness (QED) is 0.610. The largest absolute Gasteiger partial charge is 0.381 e. The number of nitrogens with one attached hydrogen (secondary N) is 3. The van der Waals surface area contributed by atoms with Crippen LogP contribution >= 0.6 is 0 Å². The molecule has 0 saturated heterocycles. The van der Waals surface area contributed by atoms with Crippen LogP contribution in [-0.4, -0.2) is 46.9 Å². The summed E-state index contributed by atoms with van der Waals surface area (Å²) in [6, 6.07) is 3.29. The number of aromatic amines is 1. The van der Waals surface area contributed by atoms with E-state index in [1.807, 2.05) is 13.8 Å². The molecule has 29 heavy (non-hydrogen) atoms. The van der Waals surface area contributed by atoms with E-state index in [4.69, 9.17) is 15.9 Å². The number of rotatable bonds is 5. The SMILES string of the molecule is CCNC(=O)c1cccn(C(N)COC)c1=N.Cc1nc2c([nH]1)C=CC(F)C=C2. The minimum Gasteiger partial charge on any atom is -0.381 e. The van der Waals surface area contributed by atoms with Crippen LogP contribution in [0.1, 0.15) is 40.7 Å². The Labute approximate surface area is 168 Å². The molecule has 2 unspecified atom stereocenters. The number of alkyl halides is 1. The zero-order valence-corrected chi connectivity index (χ0v) is 16.8. The summed E-state index contributed by atoms with van der Waals surface area (Å²) in [5, 5.41) is 10.6. The van der Waals surface area contributed by atoms with Crippen molar-refractivity contribution in [2.75, 3.05) is 20.3 Å². The number of fused-ring (bicyclic) bond motifs is 1. The predicted molar refractivity (Wildman–Crippen MR) is 110 cm³/mol. The van der Waals surface area contributed by atoms with Crippen LogP contribution < -0.4 is 16.5 Å². The Morgan fingerprint density at radius 2 is 2.21 bits per heavy atom. The molecule has 1 aliphatic rings. The minimum atomic E-state index is -0.993. The molecule has 0 aromatic carbocycles. The van der Waals surface area contributed by atoms with Gasteiger partial charge < -0.3 is 25.3 Å². The number of allylic oxidation sites excluding steroid dienone is 2. The molecular weight excluding hydrogens is 375 g/mol. The van der Waals surface area contributed by atoms with Gasteiger partial charge in [-0.05, 0) is 50.3 Å². The summed E-state index contributed by atoms with van der Waals surface area (Å²) < 4.78 is 19.2. The highest BCUT2D eigenvalue weighted by Crippen LogP contribution is 2.15. The normalized spacial score (nSPS) is 13.8. The highest BCUT2D eigenvalue weighted by Gasteiger charge is 2.11. The number of imidazole rings is 1. The first-order valence-electron chi connectivity index (χ1n) is 9.22. The average Bonchev–Trinajstić information content (AvgIpc) is 2.96. The monoisotopic (exact) mass is 402 g/mol. The van der Waals surface area contributed by atoms with Crippen LogP contribution in [0.5, 0.6) is 0 Å². The Balaban J connectivity index is 0.000000218. The second-order valence-corrected chi connectivity index (χ2v) is 6.34. The third-order valence-electron chi connectivity index (χ3n) is 4.06. The maximum atomic E-state index is 12.8. The summed E-state index contributed by atoms with van der Waals surface area (Å²) in [5.41, 5.74) is 7.92. The molecule has 5 N–H and O–H groups in total. The van der Waals surface area contributed by atoms with Crippen LogP contribution in [0.4, 0.5) is 4.39 Å². The summed E-state index contributed by atoms with van der Waals surface area (Å²) in [4.78, 5) is 18.9. The number of nitrogens with zero attached hydrogens (tertiary/aromatic N) is 2. The van der Waals surface area contributed by atoms with Gasteiger partial charge in [0.05, 0.1) is 23.6 Å². The van der Waals surface area contributed by atoms with Gasteiger partial charge in [0.25, 0.3) is 5.91 Å². The fraction of sp³-hybridized carbons (Fsp3) is 0.350. The second-order valence-electron chi connectivity index (χ2n) is 6.34. The van der Waals surface area contributed by atoms with Crippen LogP contribution in [0.2, 0.25) is 0 Å². The number of aryl methyl sites for hydroxylation is 1. The van der Waals surface area contributed by atoms with Gasteiger partial charge in [-0.15, -0.1) is 0 Å². The molecule has 0 spiro atoms. The molecule has 8 nitrogen and oxygen atoms in total. The number of hydrogen-bond acceptors (Lipinski definition) is 5. The van der Waals surface area contributed by atoms with Crippen molar-refractivity contribution in [2.24, 2.45) is 5.73 Å². The summed E-state index contributed by atoms with van der Waals surface area (Å²) >= 11 is 0. The first kappa shape index (κ1) is 22.3. The van der Waals surface area contributed by atoms with E-state index in [0.29, 0.717) is 12.1 Å². The van der Waals surface area contributed by atoms with Crippen molar-refractivity contribution in [1.82, 2.24) is 19.9 Å². The molecular formula is C20H27FN6O2. The number of aromatic nitrogens is 3. The smallest absolute Gasteiger partial charge is 0.255 e. The molecule has 0 fully saturated rings. The first-order chi connectivity index (χ1) is 13.9. The molecule has 0 radical (unpaired) electrons. The van der Waals surface area contributed by atoms with Crippen LogP contribution in [0.3, 0.4) is 0 Å². The average molecular weight is 402 g/mol. The van der Waals surface area contributed by atoms with Crippen molar-refractivity contribution in [3.8, 4) is 0 Å². The highest BCUT2D eigenvalue weighted by molar-refractivity contribution is 5.93. The van der Waals surface area contributed by atoms with E-state index in [2.05, 4.69) is 15.3 Å². The molecule has 0 aliphatic heterocycles. The molecule has 1 aliphatic carbocycles. The van der Waals surface area contributed by atoms with Crippen molar-refractivity contribution in [1.29, 1.82) is 5.41 Å². The zero-order valence-electron chi connectivity index (χ0n) is 16.8. The van der Waals surface area contributed by atoms with Gasteiger partial charge in [-0.1, -0.05) is 0 Å². The van der Waals surface area contributed by atoms with Crippen LogP contribution in [0.15, 0.2) is 30.5 Å². The Bertz CT molecular complexity index is 915. The van der Waals surface area contributed by atoms with Crippen molar-refractivity contribution in [3.63, 3.8) is 0 Å². The predicted octanol–water partition coefficient (Wildman–Crippen LogP) is 1.92. The summed E-state index contributed by atoms with van der Waals surface area (Å²) in [6.07, 6.45) is 6.61. The number of H-pyrrole nitrogens is 1. The fourth-order valence-electron chi connectivity index (χ4n) is 2.71. The van der Waals surface area contributed by atoms with Gasteiger partial charge in [-0.2, -0.15) is 0 Å². The number of nitrogens with two attached hydrogens (primary N) is 1. The van der Waals surface area contributed by atoms with Gasteiger partial charge in [0, 0.05) is 19.9 Å². The summed E-state index contributed by atoms with van der Waals surface area (Å²) in [7, 11) is 1.54. The molecule has 1 amide bonds. The number of amides is 1. The fourth-order valence-corrected chi connectivity index (χ4v) is 2.71. The molecule has 2 aromatic heterocycles. The molecule has 0 saturated carbocycles. The van der Waals surface area contributed by atoms with Gasteiger partial charge >= 0.3 is 0 Å². The van der Waals surface area contributed by atoms with E-state index < -0.39 is 12.3 Å². The number of carbonyl (C=O) groups is 1. The number of halogens is 1. The Morgan fingerprint density at radius 1 is 1.48 bits per heavy atom. The maximum Gasteiger partial charge on any atom is 0.255 e. The van der Waals surface area contributed by atoms with Crippen molar-refractivity contribution >= 4 is 18.1 Å². The molecule has 2 heterocycles. The molecule has 2 aromatic rings. The lowest BCUT2D eigenvalue weighted by Gasteiger charge is -2.16. The van der Waals surface area contributed by atoms with Gasteiger partial charge in [0.1, 0.15) is 23.6 Å². The lowest BCUT2D eigenvalue weighted by molar-refractivity contribution is 0.0952. The van der Waals surface area contributed by atoms with E-state index in [1.165, 1.54) is 23.8 Å². The lowest BCUT2D eigenvalue weighted by Crippen LogP contribution is -2.37. The number of pyridine rings is 1. The molecule has 156 valence electrons. The number of hydrogen-bond donors (Lipinski definition) is 4. The van der Waals surface area contributed by atoms with Crippen molar-refractivity contribution in [3.05, 3.63) is 58.7 Å². The minimum absolute atomic E-state index is 0.0861. The van der Waals surface area contributed by atoms with Gasteiger partial charge in [-0.25, -0.2) is 9.37 Å². The Kier molecular flexibility index (Phi) is 8.05. The third kappa shape index (κ3) is 5.97. The van der Waals surface area contributed by atoms with Crippen LogP contribution in [0, 0.1) is 12.3 Å². The summed E-state index contributed by atoms with van der Waals surface area (Å²) in [6.45, 7) is 4.52. The Hall–Kier alpha value is -3.04. The van der Waals surface area contributed by atoms with E-state index >= 15 is 0 Å². The number of ether oxygens (including phenoxy) is 1. The van der Waals surface area contributed by atoms with E-state index in [-0.39, 0.29) is 18.0 Å². The number of carbonyl (C=O) groups excluding carboxylic acids is 1. The molecule has 2 atom stereocenters. The second kappa shape index (κ2) is 10.5. The molecule has 3 rings (SSSR count). The third-order valence-corrected chi connectivity index (χ3v) is 4.06. The van der Waals surface area contributed by atoms with E-state index in [9.17, 15) is 9.18 Å². The van der Waals surface area contributed by atoms with Crippen LogP contribution in [-0.2, 0) is 4.74 Å². The van der Waals surface area contributed by atoms with E-state index in [0.717, 1.165) is 17.2 Å². The standard InChI is InChI=1S/C11H18N4O2.C9H9FN2/c1-3-14-11(16)8-5-4-6-15(10(8)13)9(12)7-17-2;1-6-11-8-4-2-7(10)3-5-9(8)12-6/h4-6,9,13H,3,7,12H2,1-2H3,(H,14,16);2-5,7H,1H3,(H,11,12). The number of methoxy groups -OCH3 is 1. The van der Waals surface area contributed by atoms with Crippen LogP contribution in [0.25, 0.3) is 12.2 Å². The van der Waals surface area contributed by atoms with Crippen molar-refractivity contribution < 1.29 is 13.9 Å². The molecule has 9 heteroatoms. The first-order valence-corrected chi connectivity index (χ1v) is 9.22. The summed E-state index contributed by atoms with van der Waals surface area (Å²) in [5.74, 6) is 0.586. The maximum absolute atomic E-state index is 12.8. The van der Waals surface area contributed by atoms with E-state index in [1.54, 1.807) is 30.5 Å².